The summed E-state index contributed by atoms with van der Waals surface area (Å²) in [5, 5.41) is 0. The van der Waals surface area contributed by atoms with E-state index >= 15 is 0 Å². The predicted octanol–water partition coefficient (Wildman–Crippen LogP) is -0.490. The molecule has 0 N–H and O–H groups in total. The van der Waals surface area contributed by atoms with Crippen molar-refractivity contribution in [1.82, 2.24) is 19.0 Å². The summed E-state index contributed by atoms with van der Waals surface area (Å²) in [5.74, 6) is -2.61. The molecule has 2 aliphatic heterocycles. The van der Waals surface area contributed by atoms with Crippen molar-refractivity contribution in [2.75, 3.05) is 39.9 Å². The second-order valence-electron chi connectivity index (χ2n) is 5.97. The molecule has 2 saturated heterocycles. The van der Waals surface area contributed by atoms with Gasteiger partial charge in [0.1, 0.15) is 10.7 Å². The zero-order chi connectivity index (χ0) is 19.1. The van der Waals surface area contributed by atoms with Crippen LogP contribution < -0.4 is 0 Å². The maximum absolute atomic E-state index is 13.8. The van der Waals surface area contributed by atoms with Gasteiger partial charge in [-0.25, -0.2) is 22.5 Å². The maximum atomic E-state index is 13.8. The molecule has 26 heavy (non-hydrogen) atoms. The molecule has 1 aromatic rings. The highest BCUT2D eigenvalue weighted by molar-refractivity contribution is 7.89. The predicted molar refractivity (Wildman–Crippen MR) is 86.6 cm³/mol. The SMILES string of the molecule is CN1C(=O)C(=O)N(CN2CCN(S(=O)(=O)c3ccccc3F)CC2)C1=O. The third-order valence-electron chi connectivity index (χ3n) is 4.38. The first-order valence-corrected chi connectivity index (χ1v) is 9.28. The van der Waals surface area contributed by atoms with Crippen LogP contribution >= 0.6 is 0 Å². The Balaban J connectivity index is 1.65. The number of nitrogens with zero attached hydrogens (tertiary/aromatic N) is 4. The lowest BCUT2D eigenvalue weighted by Gasteiger charge is -2.35. The van der Waals surface area contributed by atoms with E-state index in [0.717, 1.165) is 20.2 Å². The van der Waals surface area contributed by atoms with Crippen molar-refractivity contribution < 1.29 is 27.2 Å². The summed E-state index contributed by atoms with van der Waals surface area (Å²) in [6.45, 7) is 0.542. The lowest BCUT2D eigenvalue weighted by molar-refractivity contribution is -0.143. The van der Waals surface area contributed by atoms with Crippen molar-refractivity contribution >= 4 is 27.9 Å². The molecule has 0 aromatic heterocycles. The van der Waals surface area contributed by atoms with Gasteiger partial charge in [-0.05, 0) is 12.1 Å². The smallest absolute Gasteiger partial charge is 0.283 e. The van der Waals surface area contributed by atoms with Crippen LogP contribution in [0.25, 0.3) is 0 Å². The number of imide groups is 2. The lowest BCUT2D eigenvalue weighted by atomic mass is 10.3. The monoisotopic (exact) mass is 384 g/mol. The molecule has 0 spiro atoms. The van der Waals surface area contributed by atoms with Crippen molar-refractivity contribution in [1.29, 1.82) is 0 Å². The summed E-state index contributed by atoms with van der Waals surface area (Å²) in [7, 11) is -2.74. The van der Waals surface area contributed by atoms with Crippen molar-refractivity contribution in [2.45, 2.75) is 4.90 Å². The summed E-state index contributed by atoms with van der Waals surface area (Å²) >= 11 is 0. The van der Waals surface area contributed by atoms with E-state index in [4.69, 9.17) is 0 Å². The summed E-state index contributed by atoms with van der Waals surface area (Å²) in [4.78, 5) is 38.0. The van der Waals surface area contributed by atoms with Gasteiger partial charge in [0, 0.05) is 33.2 Å². The molecule has 2 heterocycles. The van der Waals surface area contributed by atoms with Crippen LogP contribution in [0.5, 0.6) is 0 Å². The minimum atomic E-state index is -3.96. The van der Waals surface area contributed by atoms with Crippen LogP contribution in [0.3, 0.4) is 0 Å². The Bertz CT molecular complexity index is 867. The van der Waals surface area contributed by atoms with Crippen LogP contribution in [-0.4, -0.2) is 85.2 Å². The van der Waals surface area contributed by atoms with Gasteiger partial charge in [0.15, 0.2) is 0 Å². The van der Waals surface area contributed by atoms with Gasteiger partial charge >= 0.3 is 17.8 Å². The molecule has 0 unspecified atom stereocenters. The number of hydrogen-bond donors (Lipinski definition) is 0. The van der Waals surface area contributed by atoms with Gasteiger partial charge in [-0.2, -0.15) is 4.31 Å². The first-order chi connectivity index (χ1) is 12.2. The minimum Gasteiger partial charge on any atom is -0.283 e. The number of hydrogen-bond acceptors (Lipinski definition) is 6. The Hall–Kier alpha value is -2.37. The molecule has 11 heteroatoms. The van der Waals surface area contributed by atoms with Crippen molar-refractivity contribution in [3.63, 3.8) is 0 Å². The Morgan fingerprint density at radius 3 is 2.15 bits per heavy atom. The van der Waals surface area contributed by atoms with Gasteiger partial charge < -0.3 is 0 Å². The molecule has 140 valence electrons. The summed E-state index contributed by atoms with van der Waals surface area (Å²) < 4.78 is 40.1. The Kier molecular flexibility index (Phi) is 4.78. The Labute approximate surface area is 149 Å². The van der Waals surface area contributed by atoms with E-state index in [2.05, 4.69) is 0 Å². The van der Waals surface area contributed by atoms with Crippen molar-refractivity contribution in [3.05, 3.63) is 30.1 Å². The van der Waals surface area contributed by atoms with Crippen LogP contribution in [0.4, 0.5) is 9.18 Å². The zero-order valence-electron chi connectivity index (χ0n) is 14.0. The number of urea groups is 1. The first-order valence-electron chi connectivity index (χ1n) is 7.84. The van der Waals surface area contributed by atoms with Gasteiger partial charge in [-0.15, -0.1) is 0 Å². The number of likely N-dealkylation sites (N-methyl/N-ethyl adjacent to an activating group) is 1. The second-order valence-corrected chi connectivity index (χ2v) is 7.88. The van der Waals surface area contributed by atoms with Gasteiger partial charge in [0.05, 0.1) is 6.67 Å². The van der Waals surface area contributed by atoms with E-state index in [1.807, 2.05) is 0 Å². The molecule has 0 saturated carbocycles. The van der Waals surface area contributed by atoms with Crippen LogP contribution in [0.1, 0.15) is 0 Å². The van der Waals surface area contributed by atoms with Gasteiger partial charge in [0.2, 0.25) is 10.0 Å². The molecule has 0 bridgehead atoms. The number of amides is 4. The van der Waals surface area contributed by atoms with Crippen LogP contribution in [-0.2, 0) is 19.6 Å². The van der Waals surface area contributed by atoms with E-state index in [1.54, 1.807) is 4.90 Å². The maximum Gasteiger partial charge on any atom is 0.335 e. The molecule has 0 aliphatic carbocycles. The zero-order valence-corrected chi connectivity index (χ0v) is 14.8. The topological polar surface area (TPSA) is 98.3 Å². The summed E-state index contributed by atoms with van der Waals surface area (Å²) in [6, 6.07) is 4.45. The standard InChI is InChI=1S/C15H17FN4O5S/c1-17-13(21)14(22)20(15(17)23)10-18-6-8-19(9-7-18)26(24,25)12-5-3-2-4-11(12)16/h2-5H,6-10H2,1H3. The van der Waals surface area contributed by atoms with E-state index < -0.39 is 33.7 Å². The van der Waals surface area contributed by atoms with E-state index in [1.165, 1.54) is 25.2 Å². The lowest BCUT2D eigenvalue weighted by Crippen LogP contribution is -2.52. The first kappa shape index (κ1) is 18.4. The van der Waals surface area contributed by atoms with Crippen LogP contribution in [0, 0.1) is 5.82 Å². The molecular weight excluding hydrogens is 367 g/mol. The molecule has 0 atom stereocenters. The summed E-state index contributed by atoms with van der Waals surface area (Å²) in [6.07, 6.45) is 0. The van der Waals surface area contributed by atoms with E-state index in [-0.39, 0.29) is 37.7 Å². The average Bonchev–Trinajstić information content (AvgIpc) is 2.80. The number of sulfonamides is 1. The fourth-order valence-corrected chi connectivity index (χ4v) is 4.33. The van der Waals surface area contributed by atoms with Gasteiger partial charge in [-0.1, -0.05) is 12.1 Å². The molecule has 0 radical (unpaired) electrons. The molecule has 1 aromatic carbocycles. The molecule has 2 aliphatic rings. The van der Waals surface area contributed by atoms with Crippen molar-refractivity contribution in [3.8, 4) is 0 Å². The number of benzene rings is 1. The number of rotatable bonds is 4. The number of carbonyl (C=O) groups excluding carboxylic acids is 3. The molecule has 9 nitrogen and oxygen atoms in total. The fraction of sp³-hybridized carbons (Fsp3) is 0.400. The highest BCUT2D eigenvalue weighted by Gasteiger charge is 2.43. The van der Waals surface area contributed by atoms with Crippen LogP contribution in [0.15, 0.2) is 29.2 Å². The highest BCUT2D eigenvalue weighted by atomic mass is 32.2. The molecular formula is C15H17FN4O5S. The Morgan fingerprint density at radius 1 is 1.00 bits per heavy atom. The molecule has 3 rings (SSSR count). The normalized spacial score (nSPS) is 20.3. The minimum absolute atomic E-state index is 0.0800. The number of carbonyl (C=O) groups is 3. The van der Waals surface area contributed by atoms with Crippen molar-refractivity contribution in [2.24, 2.45) is 0 Å². The molecule has 2 fully saturated rings. The summed E-state index contributed by atoms with van der Waals surface area (Å²) in [5.41, 5.74) is 0. The largest absolute Gasteiger partial charge is 0.335 e. The third kappa shape index (κ3) is 3.08. The Morgan fingerprint density at radius 2 is 1.62 bits per heavy atom. The third-order valence-corrected chi connectivity index (χ3v) is 6.31. The van der Waals surface area contributed by atoms with Gasteiger partial charge in [-0.3, -0.25) is 19.4 Å². The average molecular weight is 384 g/mol. The fourth-order valence-electron chi connectivity index (χ4n) is 2.84. The second kappa shape index (κ2) is 6.74. The number of piperazine rings is 1. The quantitative estimate of drug-likeness (QED) is 0.513. The van der Waals surface area contributed by atoms with E-state index in [9.17, 15) is 27.2 Å². The van der Waals surface area contributed by atoms with Crippen LogP contribution in [0.2, 0.25) is 0 Å². The van der Waals surface area contributed by atoms with E-state index in [0.29, 0.717) is 0 Å². The number of halogens is 1. The van der Waals surface area contributed by atoms with Gasteiger partial charge in [0.25, 0.3) is 0 Å². The highest BCUT2D eigenvalue weighted by Crippen LogP contribution is 2.21. The molecule has 4 amide bonds.